The summed E-state index contributed by atoms with van der Waals surface area (Å²) < 4.78 is 0. The molecule has 26 heavy (non-hydrogen) atoms. The van der Waals surface area contributed by atoms with Crippen molar-refractivity contribution in [3.8, 4) is 0 Å². The second-order valence-corrected chi connectivity index (χ2v) is 7.66. The van der Waals surface area contributed by atoms with Crippen LogP contribution in [0.1, 0.15) is 48.8 Å². The van der Waals surface area contributed by atoms with E-state index in [9.17, 15) is 9.59 Å². The molecule has 0 bridgehead atoms. The van der Waals surface area contributed by atoms with Crippen LogP contribution in [0.5, 0.6) is 0 Å². The molecule has 3 amide bonds. The van der Waals surface area contributed by atoms with E-state index in [1.54, 1.807) is 10.3 Å². The Hall–Kier alpha value is -2.41. The first kappa shape index (κ1) is 19.9. The molecule has 0 aliphatic rings. The molecule has 0 atom stereocenters. The third kappa shape index (κ3) is 5.29. The molecule has 0 aliphatic heterocycles. The van der Waals surface area contributed by atoms with E-state index in [1.807, 2.05) is 58.9 Å². The van der Waals surface area contributed by atoms with Gasteiger partial charge in [0.05, 0.1) is 6.54 Å². The van der Waals surface area contributed by atoms with Gasteiger partial charge < -0.3 is 15.5 Å². The number of benzene rings is 1. The highest BCUT2D eigenvalue weighted by atomic mass is 32.1. The van der Waals surface area contributed by atoms with E-state index in [0.29, 0.717) is 12.2 Å². The second-order valence-electron chi connectivity index (χ2n) is 6.72. The maximum Gasteiger partial charge on any atom is 0.322 e. The van der Waals surface area contributed by atoms with E-state index in [-0.39, 0.29) is 24.0 Å². The van der Waals surface area contributed by atoms with Crippen LogP contribution in [-0.4, -0.2) is 33.9 Å². The first-order valence-electron chi connectivity index (χ1n) is 8.66. The Morgan fingerprint density at radius 3 is 2.50 bits per heavy atom. The molecule has 2 rings (SSSR count). The number of amides is 3. The molecule has 2 N–H and O–H groups in total. The van der Waals surface area contributed by atoms with Crippen LogP contribution >= 0.6 is 11.3 Å². The summed E-state index contributed by atoms with van der Waals surface area (Å²) in [6, 6.07) is 7.53. The monoisotopic (exact) mass is 374 g/mol. The van der Waals surface area contributed by atoms with E-state index < -0.39 is 0 Å². The molecule has 140 valence electrons. The number of carbonyl (C=O) groups excluding carboxylic acids is 2. The zero-order valence-electron chi connectivity index (χ0n) is 15.9. The normalized spacial score (nSPS) is 10.9. The fourth-order valence-corrected chi connectivity index (χ4v) is 3.13. The molecule has 1 aromatic heterocycles. The highest BCUT2D eigenvalue weighted by molar-refractivity contribution is 7.09. The van der Waals surface area contributed by atoms with Crippen molar-refractivity contribution in [1.82, 2.24) is 15.2 Å². The van der Waals surface area contributed by atoms with Crippen molar-refractivity contribution in [2.45, 2.75) is 53.2 Å². The standard InChI is InChI=1S/C19H26N4O2S/c1-12(2)20-18(24)16-11-26-17(21-16)10-23(13(3)4)19(25)22-15-9-7-6-8-14(15)5/h6-9,11-13H,10H2,1-5H3,(H,20,24)(H,22,25). The van der Waals surface area contributed by atoms with Gasteiger partial charge in [0.2, 0.25) is 0 Å². The zero-order chi connectivity index (χ0) is 19.3. The second kappa shape index (κ2) is 8.80. The van der Waals surface area contributed by atoms with Crippen molar-refractivity contribution >= 4 is 29.0 Å². The number of thiazole rings is 1. The number of carbonyl (C=O) groups is 2. The maximum absolute atomic E-state index is 12.7. The highest BCUT2D eigenvalue weighted by Crippen LogP contribution is 2.18. The molecule has 0 aliphatic carbocycles. The molecule has 7 heteroatoms. The summed E-state index contributed by atoms with van der Waals surface area (Å²) >= 11 is 1.38. The minimum Gasteiger partial charge on any atom is -0.349 e. The number of nitrogens with one attached hydrogen (secondary N) is 2. The van der Waals surface area contributed by atoms with E-state index in [2.05, 4.69) is 15.6 Å². The molecule has 0 unspecified atom stereocenters. The van der Waals surface area contributed by atoms with Crippen molar-refractivity contribution < 1.29 is 9.59 Å². The van der Waals surface area contributed by atoms with Crippen LogP contribution in [0.25, 0.3) is 0 Å². The lowest BCUT2D eigenvalue weighted by atomic mass is 10.2. The number of nitrogens with zero attached hydrogens (tertiary/aromatic N) is 2. The lowest BCUT2D eigenvalue weighted by Crippen LogP contribution is -2.39. The van der Waals surface area contributed by atoms with Crippen molar-refractivity contribution in [3.05, 3.63) is 45.9 Å². The molecular weight excluding hydrogens is 348 g/mol. The van der Waals surface area contributed by atoms with Crippen molar-refractivity contribution in [2.75, 3.05) is 5.32 Å². The van der Waals surface area contributed by atoms with Crippen LogP contribution in [0.3, 0.4) is 0 Å². The molecule has 0 spiro atoms. The highest BCUT2D eigenvalue weighted by Gasteiger charge is 2.20. The molecule has 0 saturated heterocycles. The Labute approximate surface area is 158 Å². The minimum atomic E-state index is -0.192. The Morgan fingerprint density at radius 1 is 1.19 bits per heavy atom. The molecule has 1 aromatic carbocycles. The Balaban J connectivity index is 2.09. The zero-order valence-corrected chi connectivity index (χ0v) is 16.7. The van der Waals surface area contributed by atoms with Crippen LogP contribution in [-0.2, 0) is 6.54 Å². The van der Waals surface area contributed by atoms with E-state index >= 15 is 0 Å². The number of urea groups is 1. The van der Waals surface area contributed by atoms with Gasteiger partial charge in [-0.15, -0.1) is 11.3 Å². The summed E-state index contributed by atoms with van der Waals surface area (Å²) in [5, 5.41) is 8.23. The number of anilines is 1. The van der Waals surface area contributed by atoms with Gasteiger partial charge in [-0.25, -0.2) is 9.78 Å². The SMILES string of the molecule is Cc1ccccc1NC(=O)N(Cc1nc(C(=O)NC(C)C)cs1)C(C)C. The molecule has 0 fully saturated rings. The van der Waals surface area contributed by atoms with Crippen LogP contribution in [0.15, 0.2) is 29.6 Å². The van der Waals surface area contributed by atoms with Gasteiger partial charge in [-0.2, -0.15) is 0 Å². The van der Waals surface area contributed by atoms with Gasteiger partial charge in [-0.05, 0) is 46.2 Å². The molecule has 0 radical (unpaired) electrons. The molecular formula is C19H26N4O2S. The quantitative estimate of drug-likeness (QED) is 0.801. The molecule has 6 nitrogen and oxygen atoms in total. The smallest absolute Gasteiger partial charge is 0.322 e. The van der Waals surface area contributed by atoms with Gasteiger partial charge in [0.1, 0.15) is 10.7 Å². The maximum atomic E-state index is 12.7. The van der Waals surface area contributed by atoms with E-state index in [4.69, 9.17) is 0 Å². The summed E-state index contributed by atoms with van der Waals surface area (Å²) in [4.78, 5) is 30.8. The number of hydrogen-bond acceptors (Lipinski definition) is 4. The molecule has 2 aromatic rings. The summed E-state index contributed by atoms with van der Waals surface area (Å²) in [7, 11) is 0. The fraction of sp³-hybridized carbons (Fsp3) is 0.421. The first-order chi connectivity index (χ1) is 12.3. The Kier molecular flexibility index (Phi) is 6.74. The lowest BCUT2D eigenvalue weighted by molar-refractivity contribution is 0.0938. The van der Waals surface area contributed by atoms with Crippen LogP contribution in [0, 0.1) is 6.92 Å². The number of aryl methyl sites for hydroxylation is 1. The number of rotatable bonds is 6. The van der Waals surface area contributed by atoms with E-state index in [0.717, 1.165) is 16.3 Å². The van der Waals surface area contributed by atoms with Crippen molar-refractivity contribution in [3.63, 3.8) is 0 Å². The number of hydrogen-bond donors (Lipinski definition) is 2. The largest absolute Gasteiger partial charge is 0.349 e. The molecule has 1 heterocycles. The van der Waals surface area contributed by atoms with Crippen molar-refractivity contribution in [2.24, 2.45) is 0 Å². The predicted molar refractivity (Wildman–Crippen MR) is 106 cm³/mol. The van der Waals surface area contributed by atoms with Gasteiger partial charge >= 0.3 is 6.03 Å². The average Bonchev–Trinajstić information content (AvgIpc) is 3.02. The Bertz CT molecular complexity index is 770. The summed E-state index contributed by atoms with van der Waals surface area (Å²) in [5.74, 6) is -0.192. The van der Waals surface area contributed by atoms with Crippen LogP contribution < -0.4 is 10.6 Å². The van der Waals surface area contributed by atoms with Gasteiger partial charge in [-0.3, -0.25) is 4.79 Å². The predicted octanol–water partition coefficient (Wildman–Crippen LogP) is 4.03. The summed E-state index contributed by atoms with van der Waals surface area (Å²) in [6.45, 7) is 10.0. The van der Waals surface area contributed by atoms with Crippen molar-refractivity contribution in [1.29, 1.82) is 0 Å². The van der Waals surface area contributed by atoms with Gasteiger partial charge in [0, 0.05) is 23.2 Å². The van der Waals surface area contributed by atoms with E-state index in [1.165, 1.54) is 11.3 Å². The third-order valence-electron chi connectivity index (χ3n) is 3.78. The first-order valence-corrected chi connectivity index (χ1v) is 9.54. The summed E-state index contributed by atoms with van der Waals surface area (Å²) in [5.41, 5.74) is 2.19. The average molecular weight is 375 g/mol. The molecule has 0 saturated carbocycles. The van der Waals surface area contributed by atoms with Crippen LogP contribution in [0.4, 0.5) is 10.5 Å². The van der Waals surface area contributed by atoms with Crippen LogP contribution in [0.2, 0.25) is 0 Å². The third-order valence-corrected chi connectivity index (χ3v) is 4.61. The minimum absolute atomic E-state index is 0.00383. The Morgan fingerprint density at radius 2 is 1.88 bits per heavy atom. The van der Waals surface area contributed by atoms with Gasteiger partial charge in [0.15, 0.2) is 0 Å². The van der Waals surface area contributed by atoms with Gasteiger partial charge in [0.25, 0.3) is 5.91 Å². The fourth-order valence-electron chi connectivity index (χ4n) is 2.36. The topological polar surface area (TPSA) is 74.3 Å². The lowest BCUT2D eigenvalue weighted by Gasteiger charge is -2.26. The number of aromatic nitrogens is 1. The van der Waals surface area contributed by atoms with Gasteiger partial charge in [-0.1, -0.05) is 18.2 Å². The summed E-state index contributed by atoms with van der Waals surface area (Å²) in [6.07, 6.45) is 0. The number of para-hydroxylation sites is 1.